The van der Waals surface area contributed by atoms with E-state index in [-0.39, 0.29) is 6.04 Å². The van der Waals surface area contributed by atoms with Crippen LogP contribution in [-0.2, 0) is 4.74 Å². The maximum atomic E-state index is 5.57. The van der Waals surface area contributed by atoms with E-state index in [1.54, 1.807) is 18.6 Å². The highest BCUT2D eigenvalue weighted by Gasteiger charge is 2.24. The third kappa shape index (κ3) is 2.25. The summed E-state index contributed by atoms with van der Waals surface area (Å²) in [5, 5.41) is 9.11. The first-order valence-electron chi connectivity index (χ1n) is 8.28. The van der Waals surface area contributed by atoms with Crippen LogP contribution in [0.25, 0.3) is 33.3 Å². The SMILES string of the molecule is C[C@@H]1COCCN1c1nc(-c2cncc3[nH]ccc23)nc2[nH]ncc12. The second-order valence-electron chi connectivity index (χ2n) is 6.25. The molecule has 0 radical (unpaired) electrons. The molecule has 4 aromatic rings. The fraction of sp³-hybridized carbons (Fsp3) is 0.294. The zero-order valence-corrected chi connectivity index (χ0v) is 13.7. The molecule has 1 aliphatic rings. The van der Waals surface area contributed by atoms with Crippen LogP contribution in [0.3, 0.4) is 0 Å². The molecule has 8 heteroatoms. The third-order valence-electron chi connectivity index (χ3n) is 4.65. The van der Waals surface area contributed by atoms with Crippen molar-refractivity contribution in [2.24, 2.45) is 0 Å². The molecule has 1 fully saturated rings. The molecule has 0 amide bonds. The van der Waals surface area contributed by atoms with Crippen LogP contribution in [0.1, 0.15) is 6.92 Å². The molecule has 0 bridgehead atoms. The Morgan fingerprint density at radius 1 is 1.20 bits per heavy atom. The summed E-state index contributed by atoms with van der Waals surface area (Å²) in [7, 11) is 0. The smallest absolute Gasteiger partial charge is 0.166 e. The van der Waals surface area contributed by atoms with Gasteiger partial charge in [-0.25, -0.2) is 9.97 Å². The summed E-state index contributed by atoms with van der Waals surface area (Å²) in [5.74, 6) is 1.53. The summed E-state index contributed by atoms with van der Waals surface area (Å²) in [6.45, 7) is 4.32. The summed E-state index contributed by atoms with van der Waals surface area (Å²) >= 11 is 0. The zero-order chi connectivity index (χ0) is 16.8. The number of ether oxygens (including phenoxy) is 1. The molecule has 4 aromatic heterocycles. The maximum Gasteiger partial charge on any atom is 0.166 e. The number of hydrogen-bond acceptors (Lipinski definition) is 6. The highest BCUT2D eigenvalue weighted by Crippen LogP contribution is 2.31. The van der Waals surface area contributed by atoms with Crippen molar-refractivity contribution in [3.8, 4) is 11.4 Å². The molecule has 126 valence electrons. The minimum atomic E-state index is 0.246. The van der Waals surface area contributed by atoms with E-state index in [4.69, 9.17) is 9.72 Å². The Hall–Kier alpha value is -3.00. The van der Waals surface area contributed by atoms with Gasteiger partial charge in [0.05, 0.1) is 42.6 Å². The number of nitrogens with zero attached hydrogens (tertiary/aromatic N) is 5. The van der Waals surface area contributed by atoms with Gasteiger partial charge in [-0.2, -0.15) is 5.10 Å². The number of fused-ring (bicyclic) bond motifs is 2. The van der Waals surface area contributed by atoms with Crippen molar-refractivity contribution in [1.82, 2.24) is 30.1 Å². The van der Waals surface area contributed by atoms with Crippen molar-refractivity contribution >= 4 is 27.8 Å². The Morgan fingerprint density at radius 3 is 3.08 bits per heavy atom. The number of nitrogens with one attached hydrogen (secondary N) is 2. The molecule has 0 saturated carbocycles. The Kier molecular flexibility index (Phi) is 3.17. The Balaban J connectivity index is 1.73. The lowest BCUT2D eigenvalue weighted by molar-refractivity contribution is 0.0987. The van der Waals surface area contributed by atoms with Crippen LogP contribution in [0, 0.1) is 0 Å². The van der Waals surface area contributed by atoms with Crippen molar-refractivity contribution in [3.63, 3.8) is 0 Å². The van der Waals surface area contributed by atoms with Gasteiger partial charge in [-0.3, -0.25) is 10.1 Å². The molecule has 1 atom stereocenters. The van der Waals surface area contributed by atoms with E-state index in [9.17, 15) is 0 Å². The normalized spacial score (nSPS) is 18.3. The highest BCUT2D eigenvalue weighted by molar-refractivity contribution is 5.95. The van der Waals surface area contributed by atoms with Crippen LogP contribution in [0.15, 0.2) is 30.9 Å². The average molecular weight is 335 g/mol. The van der Waals surface area contributed by atoms with Crippen molar-refractivity contribution in [1.29, 1.82) is 0 Å². The first-order chi connectivity index (χ1) is 12.3. The van der Waals surface area contributed by atoms with Gasteiger partial charge in [-0.05, 0) is 13.0 Å². The topological polar surface area (TPSA) is 95.6 Å². The first-order valence-corrected chi connectivity index (χ1v) is 8.28. The summed E-state index contributed by atoms with van der Waals surface area (Å²) in [6, 6.07) is 2.26. The average Bonchev–Trinajstić information content (AvgIpc) is 3.30. The molecular weight excluding hydrogens is 318 g/mol. The van der Waals surface area contributed by atoms with Crippen molar-refractivity contribution in [2.75, 3.05) is 24.7 Å². The Bertz CT molecular complexity index is 1050. The molecule has 5 heterocycles. The first kappa shape index (κ1) is 14.4. The second kappa shape index (κ2) is 5.52. The molecule has 0 aromatic carbocycles. The summed E-state index contributed by atoms with van der Waals surface area (Å²) in [4.78, 5) is 19.3. The van der Waals surface area contributed by atoms with Crippen LogP contribution < -0.4 is 4.90 Å². The van der Waals surface area contributed by atoms with E-state index in [1.165, 1.54) is 0 Å². The van der Waals surface area contributed by atoms with Gasteiger partial charge in [-0.1, -0.05) is 0 Å². The maximum absolute atomic E-state index is 5.57. The largest absolute Gasteiger partial charge is 0.377 e. The number of morpholine rings is 1. The van der Waals surface area contributed by atoms with Gasteiger partial charge in [0.15, 0.2) is 11.5 Å². The lowest BCUT2D eigenvalue weighted by Gasteiger charge is -2.34. The van der Waals surface area contributed by atoms with E-state index >= 15 is 0 Å². The Labute approximate surface area is 143 Å². The lowest BCUT2D eigenvalue weighted by Crippen LogP contribution is -2.44. The molecule has 0 unspecified atom stereocenters. The van der Waals surface area contributed by atoms with Crippen LogP contribution in [-0.4, -0.2) is 55.9 Å². The Morgan fingerprint density at radius 2 is 2.16 bits per heavy atom. The van der Waals surface area contributed by atoms with E-state index in [0.29, 0.717) is 19.0 Å². The molecule has 1 aliphatic heterocycles. The summed E-state index contributed by atoms with van der Waals surface area (Å²) in [6.07, 6.45) is 7.29. The molecule has 5 rings (SSSR count). The number of pyridine rings is 1. The summed E-state index contributed by atoms with van der Waals surface area (Å²) < 4.78 is 5.57. The zero-order valence-electron chi connectivity index (χ0n) is 13.7. The minimum absolute atomic E-state index is 0.246. The van der Waals surface area contributed by atoms with Crippen molar-refractivity contribution in [2.45, 2.75) is 13.0 Å². The third-order valence-corrected chi connectivity index (χ3v) is 4.65. The van der Waals surface area contributed by atoms with Crippen LogP contribution >= 0.6 is 0 Å². The number of aromatic nitrogens is 6. The van der Waals surface area contributed by atoms with Crippen LogP contribution in [0.2, 0.25) is 0 Å². The molecule has 1 saturated heterocycles. The molecule has 0 spiro atoms. The fourth-order valence-corrected chi connectivity index (χ4v) is 3.36. The minimum Gasteiger partial charge on any atom is -0.377 e. The molecule has 25 heavy (non-hydrogen) atoms. The van der Waals surface area contributed by atoms with Gasteiger partial charge in [0, 0.05) is 29.9 Å². The molecule has 0 aliphatic carbocycles. The highest BCUT2D eigenvalue weighted by atomic mass is 16.5. The van der Waals surface area contributed by atoms with Gasteiger partial charge in [0.2, 0.25) is 0 Å². The monoisotopic (exact) mass is 335 g/mol. The quantitative estimate of drug-likeness (QED) is 0.582. The fourth-order valence-electron chi connectivity index (χ4n) is 3.36. The van der Waals surface area contributed by atoms with E-state index in [0.717, 1.165) is 39.9 Å². The molecule has 2 N–H and O–H groups in total. The van der Waals surface area contributed by atoms with Gasteiger partial charge >= 0.3 is 0 Å². The molecular formula is C17H17N7O. The van der Waals surface area contributed by atoms with E-state index < -0.39 is 0 Å². The van der Waals surface area contributed by atoms with Gasteiger partial charge < -0.3 is 14.6 Å². The number of hydrogen-bond donors (Lipinski definition) is 2. The predicted octanol–water partition coefficient (Wildman–Crippen LogP) is 2.12. The lowest BCUT2D eigenvalue weighted by atomic mass is 10.1. The van der Waals surface area contributed by atoms with E-state index in [1.807, 2.05) is 12.3 Å². The van der Waals surface area contributed by atoms with Gasteiger partial charge in [-0.15, -0.1) is 0 Å². The van der Waals surface area contributed by atoms with Gasteiger partial charge in [0.25, 0.3) is 0 Å². The molecule has 8 nitrogen and oxygen atoms in total. The predicted molar refractivity (Wildman–Crippen MR) is 94.4 cm³/mol. The van der Waals surface area contributed by atoms with Crippen LogP contribution in [0.4, 0.5) is 5.82 Å². The number of aromatic amines is 2. The summed E-state index contributed by atoms with van der Waals surface area (Å²) in [5.41, 5.74) is 2.59. The van der Waals surface area contributed by atoms with E-state index in [2.05, 4.69) is 37.0 Å². The number of rotatable bonds is 2. The number of anilines is 1. The number of H-pyrrole nitrogens is 2. The second-order valence-corrected chi connectivity index (χ2v) is 6.25. The van der Waals surface area contributed by atoms with Crippen LogP contribution in [0.5, 0.6) is 0 Å². The van der Waals surface area contributed by atoms with Crippen molar-refractivity contribution < 1.29 is 4.74 Å². The van der Waals surface area contributed by atoms with Gasteiger partial charge in [0.1, 0.15) is 5.82 Å². The standard InChI is InChI=1S/C17H17N7O/c1-10-9-25-5-4-24(10)17-13-7-20-23-16(13)21-15(22-17)12-6-18-8-14-11(12)2-3-19-14/h2-3,6-8,10,19H,4-5,9H2,1H3,(H,20,21,22,23)/t10-/m1/s1. The van der Waals surface area contributed by atoms with Crippen molar-refractivity contribution in [3.05, 3.63) is 30.9 Å².